The maximum atomic E-state index is 12.1. The molecule has 0 spiro atoms. The highest BCUT2D eigenvalue weighted by atomic mass is 32.2. The molecule has 0 aliphatic carbocycles. The monoisotopic (exact) mass is 337 g/mol. The van der Waals surface area contributed by atoms with Crippen molar-refractivity contribution in [2.75, 3.05) is 0 Å². The van der Waals surface area contributed by atoms with Gasteiger partial charge >= 0.3 is 0 Å². The van der Waals surface area contributed by atoms with Crippen LogP contribution in [0.25, 0.3) is 21.9 Å². The summed E-state index contributed by atoms with van der Waals surface area (Å²) in [6.07, 6.45) is 1.53. The number of para-hydroxylation sites is 1. The molecule has 120 valence electrons. The molecule has 0 saturated carbocycles. The number of pyridine rings is 1. The Morgan fingerprint density at radius 2 is 2.04 bits per heavy atom. The van der Waals surface area contributed by atoms with Crippen LogP contribution in [0.1, 0.15) is 11.4 Å². The van der Waals surface area contributed by atoms with Crippen LogP contribution in [0.4, 0.5) is 0 Å². The Hall–Kier alpha value is -2.67. The van der Waals surface area contributed by atoms with Gasteiger partial charge in [-0.15, -0.1) is 0 Å². The van der Waals surface area contributed by atoms with Gasteiger partial charge < -0.3 is 4.98 Å². The molecule has 4 rings (SSSR count). The van der Waals surface area contributed by atoms with E-state index in [0.717, 1.165) is 15.9 Å². The summed E-state index contributed by atoms with van der Waals surface area (Å²) in [4.78, 5) is 24.1. The zero-order chi connectivity index (χ0) is 16.7. The summed E-state index contributed by atoms with van der Waals surface area (Å²) in [5.74, 6) is 1.16. The summed E-state index contributed by atoms with van der Waals surface area (Å²) < 4.78 is 1.61. The van der Waals surface area contributed by atoms with Crippen molar-refractivity contribution >= 4 is 33.7 Å². The first-order valence-electron chi connectivity index (χ1n) is 7.52. The van der Waals surface area contributed by atoms with Gasteiger partial charge in [-0.25, -0.2) is 9.97 Å². The second-order valence-electron chi connectivity index (χ2n) is 5.60. The molecule has 7 heteroatoms. The summed E-state index contributed by atoms with van der Waals surface area (Å²) >= 11 is 1.55. The van der Waals surface area contributed by atoms with E-state index >= 15 is 0 Å². The zero-order valence-corrected chi connectivity index (χ0v) is 14.1. The van der Waals surface area contributed by atoms with E-state index in [0.29, 0.717) is 22.6 Å². The second kappa shape index (κ2) is 5.76. The van der Waals surface area contributed by atoms with Crippen molar-refractivity contribution in [3.63, 3.8) is 0 Å². The van der Waals surface area contributed by atoms with E-state index in [-0.39, 0.29) is 5.56 Å². The number of aryl methyl sites for hydroxylation is 2. The molecule has 6 nitrogen and oxygen atoms in total. The molecule has 1 N–H and O–H groups in total. The zero-order valence-electron chi connectivity index (χ0n) is 13.3. The minimum atomic E-state index is -0.161. The maximum Gasteiger partial charge on any atom is 0.262 e. The number of hydrogen-bond donors (Lipinski definition) is 1. The lowest BCUT2D eigenvalue weighted by Gasteiger charge is -2.06. The van der Waals surface area contributed by atoms with Crippen LogP contribution in [-0.2, 0) is 12.8 Å². The number of nitrogens with zero attached hydrogens (tertiary/aromatic N) is 4. The van der Waals surface area contributed by atoms with Gasteiger partial charge in [-0.1, -0.05) is 30.0 Å². The molecule has 0 amide bonds. The Balaban J connectivity index is 1.65. The average Bonchev–Trinajstić information content (AvgIpc) is 2.95. The fourth-order valence-corrected chi connectivity index (χ4v) is 3.53. The molecule has 0 radical (unpaired) electrons. The van der Waals surface area contributed by atoms with Crippen LogP contribution in [0.5, 0.6) is 0 Å². The third-order valence-electron chi connectivity index (χ3n) is 3.91. The van der Waals surface area contributed by atoms with E-state index in [2.05, 4.69) is 39.1 Å². The highest BCUT2D eigenvalue weighted by Crippen LogP contribution is 2.25. The molecule has 0 aliphatic rings. The Bertz CT molecular complexity index is 1120. The number of H-pyrrole nitrogens is 1. The molecule has 3 heterocycles. The SMILES string of the molecule is Cc1cc(SCc2nc3c(cnn3C)c(=O)[nH]2)nc2ccccc12. The molecular formula is C17H15N5OS. The van der Waals surface area contributed by atoms with Crippen molar-refractivity contribution in [2.45, 2.75) is 17.7 Å². The predicted molar refractivity (Wildman–Crippen MR) is 95.2 cm³/mol. The highest BCUT2D eigenvalue weighted by molar-refractivity contribution is 7.98. The van der Waals surface area contributed by atoms with Gasteiger partial charge in [0, 0.05) is 12.4 Å². The predicted octanol–water partition coefficient (Wildman–Crippen LogP) is 2.81. The Labute approximate surface area is 141 Å². The number of aromatic nitrogens is 5. The number of hydrogen-bond acceptors (Lipinski definition) is 5. The van der Waals surface area contributed by atoms with Crippen molar-refractivity contribution in [2.24, 2.45) is 7.05 Å². The van der Waals surface area contributed by atoms with E-state index < -0.39 is 0 Å². The van der Waals surface area contributed by atoms with Gasteiger partial charge in [-0.3, -0.25) is 9.48 Å². The van der Waals surface area contributed by atoms with Crippen LogP contribution < -0.4 is 5.56 Å². The fourth-order valence-electron chi connectivity index (χ4n) is 2.68. The van der Waals surface area contributed by atoms with Gasteiger partial charge in [0.05, 0.1) is 22.5 Å². The standard InChI is InChI=1S/C17H15N5OS/c1-10-7-15(19-13-6-4-3-5-11(10)13)24-9-14-20-16-12(17(23)21-14)8-18-22(16)2/h3-8H,9H2,1-2H3,(H,20,21,23). The topological polar surface area (TPSA) is 76.5 Å². The van der Waals surface area contributed by atoms with Crippen molar-refractivity contribution in [3.05, 3.63) is 58.3 Å². The molecule has 4 aromatic rings. The normalized spacial score (nSPS) is 11.4. The van der Waals surface area contributed by atoms with Gasteiger partial charge in [0.15, 0.2) is 5.65 Å². The summed E-state index contributed by atoms with van der Waals surface area (Å²) in [6, 6.07) is 10.1. The molecule has 0 bridgehead atoms. The molecule has 0 fully saturated rings. The van der Waals surface area contributed by atoms with E-state index in [1.54, 1.807) is 23.5 Å². The lowest BCUT2D eigenvalue weighted by atomic mass is 10.1. The molecule has 0 atom stereocenters. The largest absolute Gasteiger partial charge is 0.309 e. The van der Waals surface area contributed by atoms with E-state index in [4.69, 9.17) is 0 Å². The van der Waals surface area contributed by atoms with Gasteiger partial charge in [0.25, 0.3) is 5.56 Å². The Morgan fingerprint density at radius 3 is 2.92 bits per heavy atom. The van der Waals surface area contributed by atoms with Crippen molar-refractivity contribution in [1.82, 2.24) is 24.7 Å². The molecule has 3 aromatic heterocycles. The van der Waals surface area contributed by atoms with Crippen LogP contribution in [0.3, 0.4) is 0 Å². The summed E-state index contributed by atoms with van der Waals surface area (Å²) in [7, 11) is 1.78. The first kappa shape index (κ1) is 14.9. The number of benzene rings is 1. The second-order valence-corrected chi connectivity index (χ2v) is 6.60. The first-order valence-corrected chi connectivity index (χ1v) is 8.50. The minimum Gasteiger partial charge on any atom is -0.309 e. The summed E-state index contributed by atoms with van der Waals surface area (Å²) in [5, 5.41) is 6.66. The number of rotatable bonds is 3. The molecular weight excluding hydrogens is 322 g/mol. The lowest BCUT2D eigenvalue weighted by molar-refractivity contribution is 0.782. The minimum absolute atomic E-state index is 0.161. The van der Waals surface area contributed by atoms with E-state index in [1.165, 1.54) is 11.8 Å². The van der Waals surface area contributed by atoms with E-state index in [9.17, 15) is 4.79 Å². The highest BCUT2D eigenvalue weighted by Gasteiger charge is 2.09. The molecule has 0 unspecified atom stereocenters. The number of fused-ring (bicyclic) bond motifs is 2. The maximum absolute atomic E-state index is 12.1. The third-order valence-corrected chi connectivity index (χ3v) is 4.83. The molecule has 24 heavy (non-hydrogen) atoms. The van der Waals surface area contributed by atoms with E-state index in [1.807, 2.05) is 18.2 Å². The van der Waals surface area contributed by atoms with Crippen LogP contribution in [0.15, 0.2) is 46.3 Å². The van der Waals surface area contributed by atoms with Gasteiger partial charge in [0.1, 0.15) is 11.2 Å². The number of aromatic amines is 1. The quantitative estimate of drug-likeness (QED) is 0.582. The van der Waals surface area contributed by atoms with Gasteiger partial charge in [-0.05, 0) is 24.6 Å². The van der Waals surface area contributed by atoms with Crippen LogP contribution in [-0.4, -0.2) is 24.7 Å². The molecule has 0 aliphatic heterocycles. The number of nitrogens with one attached hydrogen (secondary N) is 1. The Kier molecular flexibility index (Phi) is 3.57. The first-order chi connectivity index (χ1) is 11.6. The Morgan fingerprint density at radius 1 is 1.21 bits per heavy atom. The summed E-state index contributed by atoms with van der Waals surface area (Å²) in [6.45, 7) is 2.08. The van der Waals surface area contributed by atoms with Gasteiger partial charge in [0.2, 0.25) is 0 Å². The van der Waals surface area contributed by atoms with Crippen molar-refractivity contribution < 1.29 is 0 Å². The smallest absolute Gasteiger partial charge is 0.262 e. The third kappa shape index (κ3) is 2.56. The van der Waals surface area contributed by atoms with Gasteiger partial charge in [-0.2, -0.15) is 5.10 Å². The fraction of sp³-hybridized carbons (Fsp3) is 0.176. The van der Waals surface area contributed by atoms with Crippen LogP contribution in [0, 0.1) is 6.92 Å². The van der Waals surface area contributed by atoms with Crippen LogP contribution >= 0.6 is 11.8 Å². The lowest BCUT2D eigenvalue weighted by Crippen LogP contribution is -2.11. The summed E-state index contributed by atoms with van der Waals surface area (Å²) in [5.41, 5.74) is 2.60. The van der Waals surface area contributed by atoms with Crippen LogP contribution in [0.2, 0.25) is 0 Å². The molecule has 0 saturated heterocycles. The van der Waals surface area contributed by atoms with Crippen molar-refractivity contribution in [1.29, 1.82) is 0 Å². The molecule has 1 aromatic carbocycles. The average molecular weight is 337 g/mol. The van der Waals surface area contributed by atoms with Crippen molar-refractivity contribution in [3.8, 4) is 0 Å². The number of thioether (sulfide) groups is 1.